The van der Waals surface area contributed by atoms with Gasteiger partial charge in [-0.1, -0.05) is 49.8 Å². The number of amides is 1. The molecule has 0 aromatic heterocycles. The van der Waals surface area contributed by atoms with E-state index >= 15 is 0 Å². The van der Waals surface area contributed by atoms with Crippen LogP contribution >= 0.6 is 24.0 Å². The van der Waals surface area contributed by atoms with Crippen molar-refractivity contribution in [3.05, 3.63) is 28.7 Å². The first-order chi connectivity index (χ1) is 11.6. The van der Waals surface area contributed by atoms with Gasteiger partial charge in [0.05, 0.1) is 18.6 Å². The maximum absolute atomic E-state index is 12.3. The molecule has 1 saturated heterocycles. The quantitative estimate of drug-likeness (QED) is 0.386. The van der Waals surface area contributed by atoms with Gasteiger partial charge in [0.25, 0.3) is 5.91 Å². The minimum absolute atomic E-state index is 0.0358. The second-order valence-corrected chi connectivity index (χ2v) is 7.07. The number of methoxy groups -OCH3 is 1. The van der Waals surface area contributed by atoms with E-state index in [1.54, 1.807) is 12.0 Å². The molecule has 1 fully saturated rings. The standard InChI is InChI=1S/C18H23NO3S2/c1-4-6-7-10-22-14-9-8-13(11-15(14)21-3)12-16-17(20)19(5-2)18(23)24-16/h8-9,11-12H,4-7,10H2,1-3H3/b16-12+. The zero-order valence-electron chi connectivity index (χ0n) is 14.3. The van der Waals surface area contributed by atoms with Crippen molar-refractivity contribution in [1.29, 1.82) is 0 Å². The van der Waals surface area contributed by atoms with E-state index in [9.17, 15) is 4.79 Å². The Morgan fingerprint density at radius 3 is 2.67 bits per heavy atom. The number of thiocarbonyl (C=S) groups is 1. The van der Waals surface area contributed by atoms with Crippen molar-refractivity contribution < 1.29 is 14.3 Å². The number of unbranched alkanes of at least 4 members (excludes halogenated alkanes) is 2. The van der Waals surface area contributed by atoms with Crippen molar-refractivity contribution in [2.45, 2.75) is 33.1 Å². The van der Waals surface area contributed by atoms with Crippen molar-refractivity contribution in [1.82, 2.24) is 4.90 Å². The fraction of sp³-hybridized carbons (Fsp3) is 0.444. The van der Waals surface area contributed by atoms with Crippen LogP contribution in [0.1, 0.15) is 38.7 Å². The largest absolute Gasteiger partial charge is 0.493 e. The third kappa shape index (κ3) is 4.51. The predicted octanol–water partition coefficient (Wildman–Crippen LogP) is 4.49. The van der Waals surface area contributed by atoms with Gasteiger partial charge >= 0.3 is 0 Å². The first-order valence-electron chi connectivity index (χ1n) is 8.16. The Bertz CT molecular complexity index is 643. The van der Waals surface area contributed by atoms with Crippen molar-refractivity contribution in [3.8, 4) is 11.5 Å². The van der Waals surface area contributed by atoms with Crippen LogP contribution in [0.3, 0.4) is 0 Å². The first kappa shape index (κ1) is 18.8. The van der Waals surface area contributed by atoms with E-state index < -0.39 is 0 Å². The van der Waals surface area contributed by atoms with Crippen molar-refractivity contribution in [3.63, 3.8) is 0 Å². The minimum Gasteiger partial charge on any atom is -0.493 e. The third-order valence-electron chi connectivity index (χ3n) is 3.68. The van der Waals surface area contributed by atoms with Gasteiger partial charge in [0.2, 0.25) is 0 Å². The maximum Gasteiger partial charge on any atom is 0.266 e. The lowest BCUT2D eigenvalue weighted by molar-refractivity contribution is -0.121. The number of nitrogens with zero attached hydrogens (tertiary/aromatic N) is 1. The van der Waals surface area contributed by atoms with Crippen molar-refractivity contribution >= 4 is 40.3 Å². The number of thioether (sulfide) groups is 1. The molecule has 0 unspecified atom stereocenters. The van der Waals surface area contributed by atoms with Gasteiger partial charge in [-0.15, -0.1) is 0 Å². The second-order valence-electron chi connectivity index (χ2n) is 5.39. The molecule has 4 nitrogen and oxygen atoms in total. The molecule has 2 rings (SSSR count). The zero-order valence-corrected chi connectivity index (χ0v) is 16.0. The summed E-state index contributed by atoms with van der Waals surface area (Å²) in [6.45, 7) is 5.35. The number of hydrogen-bond donors (Lipinski definition) is 0. The summed E-state index contributed by atoms with van der Waals surface area (Å²) in [6, 6.07) is 5.70. The van der Waals surface area contributed by atoms with E-state index in [-0.39, 0.29) is 5.91 Å². The summed E-state index contributed by atoms with van der Waals surface area (Å²) in [6.07, 6.45) is 5.19. The Kier molecular flexibility index (Phi) is 7.12. The minimum atomic E-state index is -0.0358. The highest BCUT2D eigenvalue weighted by molar-refractivity contribution is 8.26. The molecule has 1 aliphatic heterocycles. The van der Waals surface area contributed by atoms with Crippen LogP contribution in [-0.2, 0) is 4.79 Å². The van der Waals surface area contributed by atoms with E-state index in [1.807, 2.05) is 31.2 Å². The molecular formula is C18H23NO3S2. The highest BCUT2D eigenvalue weighted by atomic mass is 32.2. The summed E-state index contributed by atoms with van der Waals surface area (Å²) in [5, 5.41) is 0. The molecular weight excluding hydrogens is 342 g/mol. The van der Waals surface area contributed by atoms with Crippen LogP contribution in [0.15, 0.2) is 23.1 Å². The molecule has 1 aromatic rings. The van der Waals surface area contributed by atoms with Crippen molar-refractivity contribution in [2.24, 2.45) is 0 Å². The molecule has 0 N–H and O–H groups in total. The maximum atomic E-state index is 12.3. The Morgan fingerprint density at radius 2 is 2.04 bits per heavy atom. The molecule has 6 heteroatoms. The molecule has 1 aromatic carbocycles. The monoisotopic (exact) mass is 365 g/mol. The molecule has 0 aliphatic carbocycles. The Morgan fingerprint density at radius 1 is 1.25 bits per heavy atom. The molecule has 24 heavy (non-hydrogen) atoms. The first-order valence-corrected chi connectivity index (χ1v) is 9.39. The number of carbonyl (C=O) groups is 1. The third-order valence-corrected chi connectivity index (χ3v) is 5.06. The Hall–Kier alpha value is -1.53. The number of hydrogen-bond acceptors (Lipinski definition) is 5. The Labute approximate surface area is 153 Å². The normalized spacial score (nSPS) is 16.1. The average molecular weight is 366 g/mol. The second kappa shape index (κ2) is 9.08. The summed E-state index contributed by atoms with van der Waals surface area (Å²) < 4.78 is 11.8. The van der Waals surface area contributed by atoms with E-state index in [1.165, 1.54) is 11.8 Å². The molecule has 0 saturated carbocycles. The summed E-state index contributed by atoms with van der Waals surface area (Å²) in [4.78, 5) is 14.5. The molecule has 0 bridgehead atoms. The van der Waals surface area contributed by atoms with Crippen LogP contribution in [-0.4, -0.2) is 35.4 Å². The summed E-state index contributed by atoms with van der Waals surface area (Å²) in [5.41, 5.74) is 0.893. The fourth-order valence-electron chi connectivity index (χ4n) is 2.35. The average Bonchev–Trinajstić information content (AvgIpc) is 2.85. The van der Waals surface area contributed by atoms with Gasteiger partial charge in [-0.2, -0.15) is 0 Å². The lowest BCUT2D eigenvalue weighted by Gasteiger charge is -2.11. The van der Waals surface area contributed by atoms with Crippen LogP contribution in [0.2, 0.25) is 0 Å². The predicted molar refractivity (Wildman–Crippen MR) is 104 cm³/mol. The van der Waals surface area contributed by atoms with Gasteiger partial charge in [-0.3, -0.25) is 9.69 Å². The van der Waals surface area contributed by atoms with Gasteiger partial charge < -0.3 is 9.47 Å². The van der Waals surface area contributed by atoms with Crippen LogP contribution < -0.4 is 9.47 Å². The number of likely N-dealkylation sites (N-methyl/N-ethyl adjacent to an activating group) is 1. The SMILES string of the molecule is CCCCCOc1ccc(/C=C2/SC(=S)N(CC)C2=O)cc1OC. The highest BCUT2D eigenvalue weighted by Gasteiger charge is 2.30. The number of rotatable bonds is 8. The van der Waals surface area contributed by atoms with Crippen LogP contribution in [0, 0.1) is 0 Å². The molecule has 0 spiro atoms. The molecule has 0 atom stereocenters. The lowest BCUT2D eigenvalue weighted by atomic mass is 10.2. The molecule has 1 aliphatic rings. The van der Waals surface area contributed by atoms with Crippen LogP contribution in [0.4, 0.5) is 0 Å². The number of ether oxygens (including phenoxy) is 2. The van der Waals surface area contributed by atoms with E-state index in [0.29, 0.717) is 28.1 Å². The fourth-order valence-corrected chi connectivity index (χ4v) is 3.74. The Balaban J connectivity index is 2.13. The summed E-state index contributed by atoms with van der Waals surface area (Å²) >= 11 is 6.57. The molecule has 0 radical (unpaired) electrons. The van der Waals surface area contributed by atoms with Crippen LogP contribution in [0.25, 0.3) is 6.08 Å². The number of carbonyl (C=O) groups excluding carboxylic acids is 1. The van der Waals surface area contributed by atoms with Gasteiger partial charge in [0.1, 0.15) is 4.32 Å². The van der Waals surface area contributed by atoms with Gasteiger partial charge in [-0.05, 0) is 37.1 Å². The smallest absolute Gasteiger partial charge is 0.266 e. The molecule has 1 heterocycles. The summed E-state index contributed by atoms with van der Waals surface area (Å²) in [5.74, 6) is 1.37. The van der Waals surface area contributed by atoms with Crippen molar-refractivity contribution in [2.75, 3.05) is 20.3 Å². The van der Waals surface area contributed by atoms with E-state index in [4.69, 9.17) is 21.7 Å². The highest BCUT2D eigenvalue weighted by Crippen LogP contribution is 2.34. The lowest BCUT2D eigenvalue weighted by Crippen LogP contribution is -2.27. The molecule has 130 valence electrons. The molecule has 1 amide bonds. The summed E-state index contributed by atoms with van der Waals surface area (Å²) in [7, 11) is 1.62. The van der Waals surface area contributed by atoms with Crippen LogP contribution in [0.5, 0.6) is 11.5 Å². The van der Waals surface area contributed by atoms with Gasteiger partial charge in [0, 0.05) is 6.54 Å². The van der Waals surface area contributed by atoms with Gasteiger partial charge in [-0.25, -0.2) is 0 Å². The van der Waals surface area contributed by atoms with Gasteiger partial charge in [0.15, 0.2) is 11.5 Å². The van der Waals surface area contributed by atoms with E-state index in [0.717, 1.165) is 30.6 Å². The zero-order chi connectivity index (χ0) is 17.5. The number of benzene rings is 1. The van der Waals surface area contributed by atoms with E-state index in [2.05, 4.69) is 6.92 Å². The topological polar surface area (TPSA) is 38.8 Å².